The van der Waals surface area contributed by atoms with Crippen molar-refractivity contribution in [2.45, 2.75) is 25.3 Å². The second-order valence-corrected chi connectivity index (χ2v) is 4.96. The van der Waals surface area contributed by atoms with E-state index in [1.54, 1.807) is 11.3 Å². The minimum absolute atomic E-state index is 0.221. The highest BCUT2D eigenvalue weighted by Gasteiger charge is 2.25. The van der Waals surface area contributed by atoms with Crippen LogP contribution in [0.4, 0.5) is 0 Å². The van der Waals surface area contributed by atoms with Crippen molar-refractivity contribution in [3.8, 4) is 0 Å². The summed E-state index contributed by atoms with van der Waals surface area (Å²) in [7, 11) is 0. The highest BCUT2D eigenvalue weighted by molar-refractivity contribution is 7.08. The van der Waals surface area contributed by atoms with Crippen LogP contribution in [-0.4, -0.2) is 0 Å². The van der Waals surface area contributed by atoms with Gasteiger partial charge in [-0.2, -0.15) is 11.3 Å². The quantitative estimate of drug-likeness (QED) is 0.855. The number of thiophene rings is 1. The summed E-state index contributed by atoms with van der Waals surface area (Å²) < 4.78 is 0. The third kappa shape index (κ3) is 2.34. The molecule has 0 amide bonds. The van der Waals surface area contributed by atoms with E-state index in [-0.39, 0.29) is 5.54 Å². The van der Waals surface area contributed by atoms with Crippen molar-refractivity contribution in [2.24, 2.45) is 5.73 Å². The van der Waals surface area contributed by atoms with Crippen molar-refractivity contribution in [1.82, 2.24) is 0 Å². The van der Waals surface area contributed by atoms with Crippen LogP contribution in [-0.2, 0) is 12.0 Å². The monoisotopic (exact) mass is 231 g/mol. The van der Waals surface area contributed by atoms with Crippen LogP contribution in [0.2, 0.25) is 0 Å². The lowest BCUT2D eigenvalue weighted by Crippen LogP contribution is -2.37. The summed E-state index contributed by atoms with van der Waals surface area (Å²) in [5.74, 6) is 0. The Morgan fingerprint density at radius 2 is 1.94 bits per heavy atom. The largest absolute Gasteiger partial charge is 0.321 e. The first kappa shape index (κ1) is 11.4. The molecule has 1 nitrogen and oxygen atoms in total. The summed E-state index contributed by atoms with van der Waals surface area (Å²) in [5.41, 5.74) is 8.84. The molecule has 0 fully saturated rings. The lowest BCUT2D eigenvalue weighted by molar-refractivity contribution is 0.426. The molecule has 0 aliphatic carbocycles. The van der Waals surface area contributed by atoms with Crippen LogP contribution in [0.3, 0.4) is 0 Å². The Bertz CT molecular complexity index is 421. The molecule has 0 spiro atoms. The van der Waals surface area contributed by atoms with Crippen LogP contribution in [0.15, 0.2) is 47.2 Å². The van der Waals surface area contributed by atoms with Crippen LogP contribution in [0, 0.1) is 0 Å². The molecule has 2 rings (SSSR count). The summed E-state index contributed by atoms with van der Waals surface area (Å²) in [5, 5.41) is 4.25. The third-order valence-electron chi connectivity index (χ3n) is 3.09. The molecule has 0 saturated heterocycles. The first-order valence-electron chi connectivity index (χ1n) is 5.60. The number of benzene rings is 1. The molecule has 1 heterocycles. The van der Waals surface area contributed by atoms with E-state index in [9.17, 15) is 0 Å². The fraction of sp³-hybridized carbons (Fsp3) is 0.286. The molecular weight excluding hydrogens is 214 g/mol. The van der Waals surface area contributed by atoms with E-state index in [2.05, 4.69) is 48.0 Å². The first-order chi connectivity index (χ1) is 7.74. The number of hydrogen-bond acceptors (Lipinski definition) is 2. The van der Waals surface area contributed by atoms with Gasteiger partial charge in [0.15, 0.2) is 0 Å². The molecule has 0 saturated carbocycles. The van der Waals surface area contributed by atoms with Crippen LogP contribution >= 0.6 is 11.3 Å². The smallest absolute Gasteiger partial charge is 0.0456 e. The summed E-state index contributed by atoms with van der Waals surface area (Å²) in [6.45, 7) is 2.15. The van der Waals surface area contributed by atoms with E-state index in [0.717, 1.165) is 12.8 Å². The molecule has 0 radical (unpaired) electrons. The second kappa shape index (κ2) is 4.81. The van der Waals surface area contributed by atoms with E-state index < -0.39 is 0 Å². The molecule has 84 valence electrons. The maximum atomic E-state index is 6.50. The van der Waals surface area contributed by atoms with Gasteiger partial charge in [0.25, 0.3) is 0 Å². The zero-order chi connectivity index (χ0) is 11.4. The Hall–Kier alpha value is -1.12. The van der Waals surface area contributed by atoms with Gasteiger partial charge in [-0.1, -0.05) is 37.3 Å². The zero-order valence-electron chi connectivity index (χ0n) is 9.52. The van der Waals surface area contributed by atoms with Gasteiger partial charge in [0.2, 0.25) is 0 Å². The third-order valence-corrected chi connectivity index (χ3v) is 3.77. The van der Waals surface area contributed by atoms with Crippen molar-refractivity contribution in [3.05, 3.63) is 58.3 Å². The normalized spacial score (nSPS) is 14.6. The maximum absolute atomic E-state index is 6.50. The average Bonchev–Trinajstić information content (AvgIpc) is 2.84. The Balaban J connectivity index is 2.23. The van der Waals surface area contributed by atoms with Gasteiger partial charge in [-0.3, -0.25) is 0 Å². The van der Waals surface area contributed by atoms with Crippen molar-refractivity contribution >= 4 is 11.3 Å². The Labute approximate surface area is 101 Å². The summed E-state index contributed by atoms with van der Waals surface area (Å²) in [4.78, 5) is 0. The Morgan fingerprint density at radius 3 is 2.50 bits per heavy atom. The Morgan fingerprint density at radius 1 is 1.19 bits per heavy atom. The fourth-order valence-electron chi connectivity index (χ4n) is 1.94. The average molecular weight is 231 g/mol. The first-order valence-corrected chi connectivity index (χ1v) is 6.54. The topological polar surface area (TPSA) is 26.0 Å². The molecule has 0 aliphatic rings. The molecule has 2 N–H and O–H groups in total. The van der Waals surface area contributed by atoms with Gasteiger partial charge < -0.3 is 5.73 Å². The molecule has 1 aromatic heterocycles. The van der Waals surface area contributed by atoms with Gasteiger partial charge in [0, 0.05) is 5.54 Å². The molecule has 16 heavy (non-hydrogen) atoms. The molecule has 2 heteroatoms. The molecule has 0 aliphatic heterocycles. The van der Waals surface area contributed by atoms with E-state index in [1.165, 1.54) is 11.1 Å². The fourth-order valence-corrected chi connectivity index (χ4v) is 2.70. The van der Waals surface area contributed by atoms with Gasteiger partial charge in [-0.25, -0.2) is 0 Å². The Kier molecular flexibility index (Phi) is 3.42. The highest BCUT2D eigenvalue weighted by atomic mass is 32.1. The molecular formula is C14H17NS. The van der Waals surface area contributed by atoms with Crippen LogP contribution in [0.1, 0.15) is 24.5 Å². The van der Waals surface area contributed by atoms with E-state index in [0.29, 0.717) is 0 Å². The van der Waals surface area contributed by atoms with E-state index in [1.807, 2.05) is 6.07 Å². The second-order valence-electron chi connectivity index (χ2n) is 4.18. The lowest BCUT2D eigenvalue weighted by Gasteiger charge is -2.27. The van der Waals surface area contributed by atoms with Gasteiger partial charge in [0.1, 0.15) is 0 Å². The molecule has 0 bridgehead atoms. The maximum Gasteiger partial charge on any atom is 0.0456 e. The van der Waals surface area contributed by atoms with Gasteiger partial charge in [0.05, 0.1) is 0 Å². The molecule has 1 unspecified atom stereocenters. The van der Waals surface area contributed by atoms with Crippen molar-refractivity contribution in [3.63, 3.8) is 0 Å². The number of nitrogens with two attached hydrogens (primary N) is 1. The van der Waals surface area contributed by atoms with Crippen LogP contribution < -0.4 is 5.73 Å². The SMILES string of the molecule is CCC(N)(Cc1ccccc1)c1ccsc1. The highest BCUT2D eigenvalue weighted by Crippen LogP contribution is 2.28. The van der Waals surface area contributed by atoms with E-state index in [4.69, 9.17) is 5.73 Å². The molecule has 1 aromatic carbocycles. The summed E-state index contributed by atoms with van der Waals surface area (Å²) in [6.07, 6.45) is 1.86. The summed E-state index contributed by atoms with van der Waals surface area (Å²) >= 11 is 1.71. The predicted molar refractivity (Wildman–Crippen MR) is 70.6 cm³/mol. The number of hydrogen-bond donors (Lipinski definition) is 1. The predicted octanol–water partition coefficient (Wildman–Crippen LogP) is 3.55. The standard InChI is InChI=1S/C14H17NS/c1-2-14(15,13-8-9-16-11-13)10-12-6-4-3-5-7-12/h3-9,11H,2,10,15H2,1H3. The zero-order valence-corrected chi connectivity index (χ0v) is 10.3. The molecule has 2 aromatic rings. The molecule has 1 atom stereocenters. The lowest BCUT2D eigenvalue weighted by atomic mass is 9.84. The van der Waals surface area contributed by atoms with Crippen LogP contribution in [0.25, 0.3) is 0 Å². The van der Waals surface area contributed by atoms with Gasteiger partial charge in [-0.15, -0.1) is 0 Å². The van der Waals surface area contributed by atoms with Gasteiger partial charge >= 0.3 is 0 Å². The van der Waals surface area contributed by atoms with Crippen LogP contribution in [0.5, 0.6) is 0 Å². The van der Waals surface area contributed by atoms with E-state index >= 15 is 0 Å². The van der Waals surface area contributed by atoms with Crippen molar-refractivity contribution in [2.75, 3.05) is 0 Å². The van der Waals surface area contributed by atoms with Crippen molar-refractivity contribution in [1.29, 1.82) is 0 Å². The van der Waals surface area contributed by atoms with Crippen molar-refractivity contribution < 1.29 is 0 Å². The van der Waals surface area contributed by atoms with Gasteiger partial charge in [-0.05, 0) is 40.8 Å². The summed E-state index contributed by atoms with van der Waals surface area (Å²) in [6, 6.07) is 12.6. The number of rotatable bonds is 4. The minimum Gasteiger partial charge on any atom is -0.321 e. The minimum atomic E-state index is -0.221.